The summed E-state index contributed by atoms with van der Waals surface area (Å²) in [4.78, 5) is 5.38. The highest BCUT2D eigenvalue weighted by atomic mass is 15.3. The normalized spacial score (nSPS) is 28.8. The Balaban J connectivity index is 1.56. The van der Waals surface area contributed by atoms with Crippen LogP contribution in [-0.2, 0) is 6.42 Å². The van der Waals surface area contributed by atoms with Gasteiger partial charge in [0.1, 0.15) is 0 Å². The van der Waals surface area contributed by atoms with Gasteiger partial charge in [0.2, 0.25) is 0 Å². The van der Waals surface area contributed by atoms with Crippen LogP contribution in [0.3, 0.4) is 0 Å². The molecule has 0 spiro atoms. The first-order chi connectivity index (χ1) is 12.2. The molecule has 2 aromatic rings. The minimum Gasteiger partial charge on any atom is -0.355 e. The molecule has 3 heteroatoms. The van der Waals surface area contributed by atoms with Crippen molar-refractivity contribution in [1.82, 2.24) is 9.80 Å². The second kappa shape index (κ2) is 5.86. The Labute approximate surface area is 150 Å². The predicted molar refractivity (Wildman–Crippen MR) is 103 cm³/mol. The van der Waals surface area contributed by atoms with Crippen LogP contribution in [0, 0.1) is 6.92 Å². The van der Waals surface area contributed by atoms with Gasteiger partial charge in [-0.05, 0) is 56.5 Å². The lowest BCUT2D eigenvalue weighted by molar-refractivity contribution is 0.0576. The van der Waals surface area contributed by atoms with Crippen molar-refractivity contribution >= 4 is 11.4 Å². The van der Waals surface area contributed by atoms with Crippen molar-refractivity contribution in [3.8, 4) is 0 Å². The van der Waals surface area contributed by atoms with Gasteiger partial charge in [-0.25, -0.2) is 0 Å². The van der Waals surface area contributed by atoms with E-state index in [0.717, 1.165) is 18.5 Å². The molecule has 2 fully saturated rings. The lowest BCUT2D eigenvalue weighted by Crippen LogP contribution is -2.53. The maximum Gasteiger partial charge on any atom is 0.0433 e. The van der Waals surface area contributed by atoms with Crippen LogP contribution in [0.1, 0.15) is 35.6 Å². The molecular weight excluding hydrogens is 306 g/mol. The van der Waals surface area contributed by atoms with E-state index in [2.05, 4.69) is 71.6 Å². The lowest BCUT2D eigenvalue weighted by Gasteiger charge is -2.43. The number of likely N-dealkylation sites (N-methyl/N-ethyl adjacent to an activating group) is 1. The number of rotatable bonds is 1. The highest BCUT2D eigenvalue weighted by molar-refractivity contribution is 5.69. The summed E-state index contributed by atoms with van der Waals surface area (Å²) in [6.07, 6.45) is 3.82. The monoisotopic (exact) mass is 333 g/mol. The van der Waals surface area contributed by atoms with E-state index in [9.17, 15) is 0 Å². The van der Waals surface area contributed by atoms with Crippen LogP contribution >= 0.6 is 0 Å². The van der Waals surface area contributed by atoms with E-state index in [1.165, 1.54) is 54.0 Å². The van der Waals surface area contributed by atoms with Gasteiger partial charge in [-0.2, -0.15) is 0 Å². The Morgan fingerprint density at radius 1 is 0.960 bits per heavy atom. The number of anilines is 2. The summed E-state index contributed by atoms with van der Waals surface area (Å²) in [5.41, 5.74) is 6.82. The summed E-state index contributed by atoms with van der Waals surface area (Å²) in [6.45, 7) is 4.60. The van der Waals surface area contributed by atoms with Crippen molar-refractivity contribution in [2.75, 3.05) is 25.5 Å². The fourth-order valence-corrected chi connectivity index (χ4v) is 5.10. The third-order valence-corrected chi connectivity index (χ3v) is 6.58. The number of piperazine rings is 1. The lowest BCUT2D eigenvalue weighted by atomic mass is 9.95. The van der Waals surface area contributed by atoms with Gasteiger partial charge in [0, 0.05) is 42.6 Å². The molecule has 2 aromatic carbocycles. The Morgan fingerprint density at radius 3 is 2.52 bits per heavy atom. The molecule has 0 radical (unpaired) electrons. The van der Waals surface area contributed by atoms with Crippen LogP contribution in [0.25, 0.3) is 0 Å². The third-order valence-electron chi connectivity index (χ3n) is 6.58. The summed E-state index contributed by atoms with van der Waals surface area (Å²) in [6, 6.07) is 17.7. The van der Waals surface area contributed by atoms with Crippen LogP contribution in [0.2, 0.25) is 0 Å². The van der Waals surface area contributed by atoms with Crippen molar-refractivity contribution in [3.05, 3.63) is 59.2 Å². The topological polar surface area (TPSA) is 18.5 Å². The van der Waals surface area contributed by atoms with Crippen molar-refractivity contribution in [2.45, 2.75) is 44.3 Å². The van der Waals surface area contributed by atoms with Crippen molar-refractivity contribution in [1.29, 1.82) is 0 Å². The first-order valence-electron chi connectivity index (χ1n) is 9.60. The summed E-state index contributed by atoms with van der Waals surface area (Å²) in [5.74, 6) is 0. The largest absolute Gasteiger partial charge is 0.355 e. The summed E-state index contributed by atoms with van der Waals surface area (Å²) in [7, 11) is 2.32. The molecule has 130 valence electrons. The van der Waals surface area contributed by atoms with E-state index in [4.69, 9.17) is 0 Å². The van der Waals surface area contributed by atoms with Gasteiger partial charge in [-0.1, -0.05) is 35.9 Å². The van der Waals surface area contributed by atoms with E-state index in [0.29, 0.717) is 6.04 Å². The molecule has 3 nitrogen and oxygen atoms in total. The molecule has 5 rings (SSSR count). The standard InChI is InChI=1S/C22H27N3/c1-15-7-10-20-16(11-15)12-22(19-5-3-4-6-21(19)23-20)25-13-17-8-9-18(14-25)24(17)2/h3-7,10-11,17-18,22-23H,8-9,12-14H2,1-2H3. The molecule has 0 amide bonds. The quantitative estimate of drug-likeness (QED) is 0.847. The van der Waals surface area contributed by atoms with Crippen molar-refractivity contribution in [2.24, 2.45) is 0 Å². The zero-order valence-electron chi connectivity index (χ0n) is 15.2. The summed E-state index contributed by atoms with van der Waals surface area (Å²) in [5, 5.41) is 3.71. The summed E-state index contributed by atoms with van der Waals surface area (Å²) < 4.78 is 0. The third kappa shape index (κ3) is 2.57. The molecule has 0 aromatic heterocycles. The number of nitrogens with zero attached hydrogens (tertiary/aromatic N) is 2. The SMILES string of the molecule is Cc1ccc2c(c1)CC(N1CC3CCC(C1)N3C)c1ccccc1N2. The number of likely N-dealkylation sites (tertiary alicyclic amines) is 1. The minimum absolute atomic E-state index is 0.476. The second-order valence-electron chi connectivity index (χ2n) is 8.10. The predicted octanol–water partition coefficient (Wildman–Crippen LogP) is 4.11. The van der Waals surface area contributed by atoms with Crippen LogP contribution in [0.15, 0.2) is 42.5 Å². The van der Waals surface area contributed by atoms with Crippen LogP contribution < -0.4 is 5.32 Å². The van der Waals surface area contributed by atoms with Gasteiger partial charge in [0.15, 0.2) is 0 Å². The van der Waals surface area contributed by atoms with Crippen LogP contribution in [0.4, 0.5) is 11.4 Å². The molecule has 0 saturated carbocycles. The molecule has 3 heterocycles. The zero-order valence-corrected chi connectivity index (χ0v) is 15.2. The first kappa shape index (κ1) is 15.4. The average Bonchev–Trinajstić information content (AvgIpc) is 2.81. The molecule has 0 aliphatic carbocycles. The van der Waals surface area contributed by atoms with E-state index < -0.39 is 0 Å². The minimum atomic E-state index is 0.476. The van der Waals surface area contributed by atoms with Crippen LogP contribution in [0.5, 0.6) is 0 Å². The van der Waals surface area contributed by atoms with Gasteiger partial charge >= 0.3 is 0 Å². The number of nitrogens with one attached hydrogen (secondary N) is 1. The van der Waals surface area contributed by atoms with Crippen LogP contribution in [-0.4, -0.2) is 42.0 Å². The number of para-hydroxylation sites is 1. The molecule has 1 N–H and O–H groups in total. The second-order valence-corrected chi connectivity index (χ2v) is 8.10. The van der Waals surface area contributed by atoms with E-state index in [1.807, 2.05) is 0 Å². The van der Waals surface area contributed by atoms with Gasteiger partial charge in [0.05, 0.1) is 0 Å². The average molecular weight is 333 g/mol. The Bertz CT molecular complexity index is 786. The smallest absolute Gasteiger partial charge is 0.0433 e. The van der Waals surface area contributed by atoms with Crippen molar-refractivity contribution < 1.29 is 0 Å². The number of fused-ring (bicyclic) bond motifs is 4. The number of hydrogen-bond acceptors (Lipinski definition) is 3. The van der Waals surface area contributed by atoms with E-state index in [-0.39, 0.29) is 0 Å². The van der Waals surface area contributed by atoms with E-state index in [1.54, 1.807) is 0 Å². The van der Waals surface area contributed by atoms with Gasteiger partial charge in [-0.3, -0.25) is 9.80 Å². The molecule has 3 unspecified atom stereocenters. The highest BCUT2D eigenvalue weighted by Crippen LogP contribution is 2.41. The molecule has 2 saturated heterocycles. The number of aryl methyl sites for hydroxylation is 1. The molecule has 3 atom stereocenters. The first-order valence-corrected chi connectivity index (χ1v) is 9.60. The van der Waals surface area contributed by atoms with E-state index >= 15 is 0 Å². The fourth-order valence-electron chi connectivity index (χ4n) is 5.10. The molecule has 2 bridgehead atoms. The number of hydrogen-bond donors (Lipinski definition) is 1. The maximum absolute atomic E-state index is 3.71. The number of benzene rings is 2. The molecule has 25 heavy (non-hydrogen) atoms. The van der Waals surface area contributed by atoms with Gasteiger partial charge < -0.3 is 5.32 Å². The van der Waals surface area contributed by atoms with Gasteiger partial charge in [-0.15, -0.1) is 0 Å². The Hall–Kier alpha value is -1.84. The van der Waals surface area contributed by atoms with Crippen molar-refractivity contribution in [3.63, 3.8) is 0 Å². The molecule has 3 aliphatic rings. The van der Waals surface area contributed by atoms with Gasteiger partial charge in [0.25, 0.3) is 0 Å². The molecule has 3 aliphatic heterocycles. The Morgan fingerprint density at radius 2 is 1.72 bits per heavy atom. The molecular formula is C22H27N3. The summed E-state index contributed by atoms with van der Waals surface area (Å²) >= 11 is 0. The highest BCUT2D eigenvalue weighted by Gasteiger charge is 2.40. The fraction of sp³-hybridized carbons (Fsp3) is 0.455. The maximum atomic E-state index is 3.71. The zero-order chi connectivity index (χ0) is 17.0. The Kier molecular flexibility index (Phi) is 3.61.